The lowest BCUT2D eigenvalue weighted by atomic mass is 10.0. The molecule has 0 saturated heterocycles. The predicted octanol–water partition coefficient (Wildman–Crippen LogP) is 7.67. The minimum Gasteiger partial charge on any atom is -0.481 e. The molecule has 142 valence electrons. The monoisotopic (exact) mass is 338 g/mol. The molecule has 0 aromatic heterocycles. The van der Waals surface area contributed by atoms with E-state index in [2.05, 4.69) is 19.1 Å². The molecule has 0 bridgehead atoms. The van der Waals surface area contributed by atoms with Crippen LogP contribution in [0.1, 0.15) is 122 Å². The normalized spacial score (nSPS) is 11.4. The molecule has 0 saturated carbocycles. The van der Waals surface area contributed by atoms with Gasteiger partial charge in [0, 0.05) is 6.42 Å². The summed E-state index contributed by atoms with van der Waals surface area (Å²) in [5.74, 6) is -0.656. The molecule has 0 radical (unpaired) electrons. The molecular formula is C22H42O2. The quantitative estimate of drug-likeness (QED) is 0.194. The van der Waals surface area contributed by atoms with Crippen molar-refractivity contribution < 1.29 is 9.90 Å². The van der Waals surface area contributed by atoms with E-state index in [1.54, 1.807) is 0 Å². The van der Waals surface area contributed by atoms with E-state index in [1.807, 2.05) is 0 Å². The second-order valence-electron chi connectivity index (χ2n) is 7.14. The molecule has 0 aliphatic heterocycles. The summed E-state index contributed by atoms with van der Waals surface area (Å²) >= 11 is 0. The zero-order chi connectivity index (χ0) is 17.7. The van der Waals surface area contributed by atoms with Gasteiger partial charge in [0.05, 0.1) is 0 Å². The number of unbranched alkanes of at least 4 members (excludes halogenated alkanes) is 15. The molecule has 0 heterocycles. The molecule has 0 aromatic rings. The van der Waals surface area contributed by atoms with Crippen molar-refractivity contribution in [3.8, 4) is 0 Å². The maximum absolute atomic E-state index is 10.4. The Bertz CT molecular complexity index is 284. The van der Waals surface area contributed by atoms with Gasteiger partial charge in [-0.2, -0.15) is 0 Å². The van der Waals surface area contributed by atoms with Crippen molar-refractivity contribution in [2.24, 2.45) is 0 Å². The van der Waals surface area contributed by atoms with E-state index in [-0.39, 0.29) is 0 Å². The highest BCUT2D eigenvalue weighted by molar-refractivity contribution is 5.66. The first-order valence-corrected chi connectivity index (χ1v) is 10.6. The van der Waals surface area contributed by atoms with E-state index in [4.69, 9.17) is 5.11 Å². The smallest absolute Gasteiger partial charge is 0.303 e. The van der Waals surface area contributed by atoms with E-state index in [0.29, 0.717) is 6.42 Å². The summed E-state index contributed by atoms with van der Waals surface area (Å²) in [6.45, 7) is 2.27. The third-order valence-corrected chi connectivity index (χ3v) is 4.65. The first-order valence-electron chi connectivity index (χ1n) is 10.6. The Morgan fingerprint density at radius 3 is 1.42 bits per heavy atom. The Hall–Kier alpha value is -0.790. The van der Waals surface area contributed by atoms with Gasteiger partial charge in [-0.05, 0) is 32.1 Å². The molecule has 0 aliphatic carbocycles. The van der Waals surface area contributed by atoms with Crippen LogP contribution in [-0.2, 0) is 4.79 Å². The number of carboxylic acid groups (broad SMARTS) is 1. The van der Waals surface area contributed by atoms with Crippen molar-refractivity contribution in [2.45, 2.75) is 122 Å². The number of hydrogen-bond acceptors (Lipinski definition) is 1. The lowest BCUT2D eigenvalue weighted by Gasteiger charge is -2.02. The molecule has 2 heteroatoms. The van der Waals surface area contributed by atoms with Gasteiger partial charge in [-0.1, -0.05) is 96.1 Å². The van der Waals surface area contributed by atoms with E-state index < -0.39 is 5.97 Å². The molecule has 0 rings (SSSR count). The molecule has 1 N–H and O–H groups in total. The van der Waals surface area contributed by atoms with Gasteiger partial charge in [0.1, 0.15) is 0 Å². The van der Waals surface area contributed by atoms with E-state index >= 15 is 0 Å². The lowest BCUT2D eigenvalue weighted by Crippen LogP contribution is -1.93. The zero-order valence-electron chi connectivity index (χ0n) is 16.2. The van der Waals surface area contributed by atoms with Gasteiger partial charge >= 0.3 is 5.97 Å². The van der Waals surface area contributed by atoms with Crippen LogP contribution in [0.15, 0.2) is 12.2 Å². The van der Waals surface area contributed by atoms with Gasteiger partial charge in [-0.25, -0.2) is 0 Å². The van der Waals surface area contributed by atoms with Crippen LogP contribution in [-0.4, -0.2) is 11.1 Å². The van der Waals surface area contributed by atoms with Crippen LogP contribution in [0.4, 0.5) is 0 Å². The van der Waals surface area contributed by atoms with Crippen LogP contribution in [0.5, 0.6) is 0 Å². The Balaban J connectivity index is 3.05. The molecule has 0 amide bonds. The highest BCUT2D eigenvalue weighted by atomic mass is 16.4. The van der Waals surface area contributed by atoms with Crippen LogP contribution in [0, 0.1) is 0 Å². The van der Waals surface area contributed by atoms with E-state index in [0.717, 1.165) is 12.8 Å². The van der Waals surface area contributed by atoms with E-state index in [9.17, 15) is 4.79 Å². The van der Waals surface area contributed by atoms with E-state index in [1.165, 1.54) is 96.3 Å². The average molecular weight is 339 g/mol. The second kappa shape index (κ2) is 20.3. The Labute approximate surface area is 151 Å². The number of carboxylic acids is 1. The molecule has 0 atom stereocenters. The number of rotatable bonds is 19. The van der Waals surface area contributed by atoms with Crippen molar-refractivity contribution in [3.63, 3.8) is 0 Å². The van der Waals surface area contributed by atoms with Crippen LogP contribution < -0.4 is 0 Å². The first kappa shape index (κ1) is 23.2. The number of carbonyl (C=O) groups is 1. The Morgan fingerprint density at radius 1 is 0.625 bits per heavy atom. The predicted molar refractivity (Wildman–Crippen MR) is 106 cm³/mol. The molecular weight excluding hydrogens is 296 g/mol. The molecule has 0 fully saturated rings. The number of allylic oxidation sites excluding steroid dienone is 2. The van der Waals surface area contributed by atoms with Crippen molar-refractivity contribution in [1.82, 2.24) is 0 Å². The largest absolute Gasteiger partial charge is 0.481 e. The highest BCUT2D eigenvalue weighted by Gasteiger charge is 1.96. The fourth-order valence-electron chi connectivity index (χ4n) is 3.05. The van der Waals surface area contributed by atoms with Gasteiger partial charge in [-0.3, -0.25) is 4.79 Å². The fraction of sp³-hybridized carbons (Fsp3) is 0.864. The van der Waals surface area contributed by atoms with Gasteiger partial charge in [0.2, 0.25) is 0 Å². The van der Waals surface area contributed by atoms with Crippen molar-refractivity contribution >= 4 is 5.97 Å². The molecule has 0 unspecified atom stereocenters. The minimum absolute atomic E-state index is 0.341. The lowest BCUT2D eigenvalue weighted by molar-refractivity contribution is -0.137. The van der Waals surface area contributed by atoms with Crippen molar-refractivity contribution in [3.05, 3.63) is 12.2 Å². The summed E-state index contributed by atoms with van der Waals surface area (Å²) in [5, 5.41) is 8.55. The maximum atomic E-state index is 10.4. The molecule has 24 heavy (non-hydrogen) atoms. The Morgan fingerprint density at radius 2 is 1.00 bits per heavy atom. The summed E-state index contributed by atoms with van der Waals surface area (Å²) in [7, 11) is 0. The summed E-state index contributed by atoms with van der Waals surface area (Å²) in [4.78, 5) is 10.4. The summed E-state index contributed by atoms with van der Waals surface area (Å²) in [5.41, 5.74) is 0. The third-order valence-electron chi connectivity index (χ3n) is 4.65. The van der Waals surface area contributed by atoms with Crippen LogP contribution in [0.3, 0.4) is 0 Å². The first-order chi connectivity index (χ1) is 11.8. The van der Waals surface area contributed by atoms with Gasteiger partial charge in [0.15, 0.2) is 0 Å². The van der Waals surface area contributed by atoms with Crippen LogP contribution in [0.2, 0.25) is 0 Å². The minimum atomic E-state index is -0.656. The van der Waals surface area contributed by atoms with Gasteiger partial charge in [-0.15, -0.1) is 0 Å². The molecule has 0 spiro atoms. The fourth-order valence-corrected chi connectivity index (χ4v) is 3.05. The molecule has 2 nitrogen and oxygen atoms in total. The van der Waals surface area contributed by atoms with Gasteiger partial charge < -0.3 is 5.11 Å². The third kappa shape index (κ3) is 21.2. The van der Waals surface area contributed by atoms with Crippen LogP contribution in [0.25, 0.3) is 0 Å². The van der Waals surface area contributed by atoms with Crippen LogP contribution >= 0.6 is 0 Å². The highest BCUT2D eigenvalue weighted by Crippen LogP contribution is 2.12. The molecule has 0 aromatic carbocycles. The topological polar surface area (TPSA) is 37.3 Å². The maximum Gasteiger partial charge on any atom is 0.303 e. The SMILES string of the molecule is CCCCCCCC=CCCCCCCCCCCCCC(=O)O. The van der Waals surface area contributed by atoms with Gasteiger partial charge in [0.25, 0.3) is 0 Å². The summed E-state index contributed by atoms with van der Waals surface area (Å²) < 4.78 is 0. The number of hydrogen-bond donors (Lipinski definition) is 1. The second-order valence-corrected chi connectivity index (χ2v) is 7.14. The number of aliphatic carboxylic acids is 1. The molecule has 0 aliphatic rings. The summed E-state index contributed by atoms with van der Waals surface area (Å²) in [6.07, 6.45) is 27.1. The standard InChI is InChI=1S/C22H42O2/c1-2-3-4-5-6-7-8-9-10-11-12-13-14-15-16-17-18-19-20-21-22(23)24/h8-9H,2-7,10-21H2,1H3,(H,23,24). The zero-order valence-corrected chi connectivity index (χ0v) is 16.2. The Kier molecular flexibility index (Phi) is 19.6. The van der Waals surface area contributed by atoms with Crippen molar-refractivity contribution in [2.75, 3.05) is 0 Å². The average Bonchev–Trinajstić information content (AvgIpc) is 2.56. The van der Waals surface area contributed by atoms with Crippen molar-refractivity contribution in [1.29, 1.82) is 0 Å². The summed E-state index contributed by atoms with van der Waals surface area (Å²) in [6, 6.07) is 0.